The third-order valence-corrected chi connectivity index (χ3v) is 4.77. The van der Waals surface area contributed by atoms with Crippen LogP contribution in [0, 0.1) is 5.41 Å². The molecule has 3 nitrogen and oxygen atoms in total. The molecule has 4 rings (SSSR count). The summed E-state index contributed by atoms with van der Waals surface area (Å²) in [5.41, 5.74) is 5.80. The number of pyridine rings is 1. The molecule has 1 aromatic heterocycles. The molecule has 2 N–H and O–H groups in total. The van der Waals surface area contributed by atoms with E-state index in [0.717, 1.165) is 27.9 Å². The highest BCUT2D eigenvalue weighted by molar-refractivity contribution is 6.11. The van der Waals surface area contributed by atoms with Crippen molar-refractivity contribution in [1.82, 2.24) is 4.98 Å². The Morgan fingerprint density at radius 3 is 2.40 bits per heavy atom. The Morgan fingerprint density at radius 2 is 1.68 bits per heavy atom. The van der Waals surface area contributed by atoms with Gasteiger partial charge in [0.1, 0.15) is 0 Å². The monoisotopic (exact) mass is 325 g/mol. The number of aromatic nitrogens is 1. The molecule has 0 aliphatic carbocycles. The van der Waals surface area contributed by atoms with Crippen molar-refractivity contribution in [2.24, 2.45) is 0 Å². The Morgan fingerprint density at radius 1 is 0.920 bits per heavy atom. The average Bonchev–Trinajstić information content (AvgIpc) is 2.68. The molecule has 1 aliphatic heterocycles. The fourth-order valence-corrected chi connectivity index (χ4v) is 3.60. The highest BCUT2D eigenvalue weighted by atomic mass is 15.0. The second kappa shape index (κ2) is 6.36. The highest BCUT2D eigenvalue weighted by Gasteiger charge is 2.35. The molecule has 3 heteroatoms. The molecule has 1 aliphatic rings. The van der Waals surface area contributed by atoms with Crippen molar-refractivity contribution >= 4 is 17.5 Å². The summed E-state index contributed by atoms with van der Waals surface area (Å²) in [5, 5.41) is 12.6. The van der Waals surface area contributed by atoms with E-state index in [1.807, 2.05) is 54.6 Å². The van der Waals surface area contributed by atoms with Crippen LogP contribution in [-0.4, -0.2) is 10.7 Å². The second-order valence-corrected chi connectivity index (χ2v) is 6.18. The molecule has 122 valence electrons. The number of hydrogen-bond acceptors (Lipinski definition) is 3. The third-order valence-electron chi connectivity index (χ3n) is 4.77. The molecule has 0 fully saturated rings. The summed E-state index contributed by atoms with van der Waals surface area (Å²) in [7, 11) is 0. The Balaban J connectivity index is 1.91. The summed E-state index contributed by atoms with van der Waals surface area (Å²) < 4.78 is 0. The van der Waals surface area contributed by atoms with Gasteiger partial charge in [-0.3, -0.25) is 4.98 Å². The van der Waals surface area contributed by atoms with Crippen molar-refractivity contribution in [3.63, 3.8) is 0 Å². The van der Waals surface area contributed by atoms with Gasteiger partial charge in [0, 0.05) is 23.6 Å². The van der Waals surface area contributed by atoms with Crippen LogP contribution in [-0.2, 0) is 0 Å². The lowest BCUT2D eigenvalue weighted by atomic mass is 9.77. The molecule has 2 heterocycles. The number of anilines is 1. The summed E-state index contributed by atoms with van der Waals surface area (Å²) in [6, 6.07) is 20.3. The molecule has 0 saturated carbocycles. The van der Waals surface area contributed by atoms with Crippen LogP contribution < -0.4 is 5.32 Å². The minimum atomic E-state index is -0.0720. The minimum absolute atomic E-state index is 0.00883. The lowest BCUT2D eigenvalue weighted by molar-refractivity contribution is 0.704. The van der Waals surface area contributed by atoms with Gasteiger partial charge in [-0.05, 0) is 34.9 Å². The van der Waals surface area contributed by atoms with E-state index in [0.29, 0.717) is 5.71 Å². The van der Waals surface area contributed by atoms with E-state index in [-0.39, 0.29) is 12.0 Å². The smallest absolute Gasteiger partial charge is 0.0639 e. The van der Waals surface area contributed by atoms with Crippen LogP contribution in [0.2, 0.25) is 0 Å². The van der Waals surface area contributed by atoms with Crippen molar-refractivity contribution in [1.29, 1.82) is 5.41 Å². The van der Waals surface area contributed by atoms with Crippen molar-refractivity contribution in [2.75, 3.05) is 5.32 Å². The molecular weight excluding hydrogens is 306 g/mol. The van der Waals surface area contributed by atoms with Crippen LogP contribution >= 0.6 is 0 Å². The highest BCUT2D eigenvalue weighted by Crippen LogP contribution is 2.43. The second-order valence-electron chi connectivity index (χ2n) is 6.18. The molecular formula is C22H19N3. The van der Waals surface area contributed by atoms with E-state index < -0.39 is 0 Å². The van der Waals surface area contributed by atoms with Crippen molar-refractivity contribution < 1.29 is 0 Å². The minimum Gasteiger partial charge on any atom is -0.377 e. The summed E-state index contributed by atoms with van der Waals surface area (Å²) in [4.78, 5) is 4.13. The van der Waals surface area contributed by atoms with Crippen LogP contribution in [0.25, 0.3) is 6.08 Å². The van der Waals surface area contributed by atoms with Crippen LogP contribution in [0.4, 0.5) is 5.69 Å². The number of hydrogen-bond donors (Lipinski definition) is 2. The Labute approximate surface area is 147 Å². The first-order chi connectivity index (χ1) is 12.3. The number of nitrogens with zero attached hydrogens (tertiary/aromatic N) is 1. The summed E-state index contributed by atoms with van der Waals surface area (Å²) in [5.74, 6) is -0.0720. The van der Waals surface area contributed by atoms with E-state index in [4.69, 9.17) is 5.41 Å². The van der Waals surface area contributed by atoms with Gasteiger partial charge in [0.25, 0.3) is 0 Å². The quantitative estimate of drug-likeness (QED) is 0.708. The molecule has 0 radical (unpaired) electrons. The average molecular weight is 325 g/mol. The summed E-state index contributed by atoms with van der Waals surface area (Å²) in [6.07, 6.45) is 5.43. The van der Waals surface area contributed by atoms with Gasteiger partial charge in [-0.25, -0.2) is 0 Å². The summed E-state index contributed by atoms with van der Waals surface area (Å²) >= 11 is 0. The standard InChI is InChI=1S/C22H19N3/c1-2-15-9-6-10-18-19(15)21(23)20(16-7-4-3-5-8-16)22(25-18)17-11-13-24-14-12-17/h2-14,20,22-23,25H,1H2. The largest absolute Gasteiger partial charge is 0.377 e. The van der Waals surface area contributed by atoms with Gasteiger partial charge in [-0.2, -0.15) is 0 Å². The number of nitrogens with one attached hydrogen (secondary N) is 2. The van der Waals surface area contributed by atoms with E-state index in [2.05, 4.69) is 29.0 Å². The first kappa shape index (κ1) is 15.3. The SMILES string of the molecule is C=Cc1cccc2c1C(=N)C(c1ccccc1)C(c1ccncc1)N2. The molecule has 2 atom stereocenters. The number of rotatable bonds is 3. The topological polar surface area (TPSA) is 48.8 Å². The van der Waals surface area contributed by atoms with E-state index in [1.54, 1.807) is 12.4 Å². The molecule has 25 heavy (non-hydrogen) atoms. The van der Waals surface area contributed by atoms with Gasteiger partial charge in [0.15, 0.2) is 0 Å². The maximum atomic E-state index is 8.99. The molecule has 0 saturated heterocycles. The maximum absolute atomic E-state index is 8.99. The van der Waals surface area contributed by atoms with Gasteiger partial charge >= 0.3 is 0 Å². The Bertz CT molecular complexity index is 917. The van der Waals surface area contributed by atoms with E-state index in [9.17, 15) is 0 Å². The van der Waals surface area contributed by atoms with Crippen LogP contribution in [0.3, 0.4) is 0 Å². The number of fused-ring (bicyclic) bond motifs is 1. The van der Waals surface area contributed by atoms with Gasteiger partial charge in [-0.1, -0.05) is 55.1 Å². The molecule has 0 spiro atoms. The first-order valence-electron chi connectivity index (χ1n) is 8.35. The van der Waals surface area contributed by atoms with E-state index >= 15 is 0 Å². The molecule has 2 unspecified atom stereocenters. The lowest BCUT2D eigenvalue weighted by Crippen LogP contribution is -2.32. The lowest BCUT2D eigenvalue weighted by Gasteiger charge is -2.36. The van der Waals surface area contributed by atoms with Gasteiger partial charge in [0.2, 0.25) is 0 Å². The molecule has 0 amide bonds. The summed E-state index contributed by atoms with van der Waals surface area (Å²) in [6.45, 7) is 3.92. The van der Waals surface area contributed by atoms with Crippen LogP contribution in [0.15, 0.2) is 79.6 Å². The molecule has 0 bridgehead atoms. The fourth-order valence-electron chi connectivity index (χ4n) is 3.60. The zero-order chi connectivity index (χ0) is 17.2. The van der Waals surface area contributed by atoms with Gasteiger partial charge < -0.3 is 10.7 Å². The zero-order valence-corrected chi connectivity index (χ0v) is 13.8. The predicted molar refractivity (Wildman–Crippen MR) is 103 cm³/mol. The zero-order valence-electron chi connectivity index (χ0n) is 13.8. The predicted octanol–water partition coefficient (Wildman–Crippen LogP) is 5.04. The van der Waals surface area contributed by atoms with Crippen molar-refractivity contribution in [2.45, 2.75) is 12.0 Å². The third kappa shape index (κ3) is 2.64. The van der Waals surface area contributed by atoms with Crippen molar-refractivity contribution in [3.05, 3.63) is 102 Å². The maximum Gasteiger partial charge on any atom is 0.0639 e. The molecule has 3 aromatic rings. The van der Waals surface area contributed by atoms with Crippen LogP contribution in [0.5, 0.6) is 0 Å². The van der Waals surface area contributed by atoms with Crippen molar-refractivity contribution in [3.8, 4) is 0 Å². The Hall–Kier alpha value is -3.20. The van der Waals surface area contributed by atoms with E-state index in [1.165, 1.54) is 0 Å². The van der Waals surface area contributed by atoms with Gasteiger partial charge in [0.05, 0.1) is 17.7 Å². The number of benzene rings is 2. The first-order valence-corrected chi connectivity index (χ1v) is 8.35. The fraction of sp³-hybridized carbons (Fsp3) is 0.0909. The van der Waals surface area contributed by atoms with Gasteiger partial charge in [-0.15, -0.1) is 0 Å². The van der Waals surface area contributed by atoms with Crippen LogP contribution in [0.1, 0.15) is 34.2 Å². The normalized spacial score (nSPS) is 19.0. The Kier molecular flexibility index (Phi) is 3.90. The molecule has 2 aromatic carbocycles.